The Kier molecular flexibility index (Phi) is 4.10. The minimum absolute atomic E-state index is 0.259. The Morgan fingerprint density at radius 1 is 1.43 bits per heavy atom. The summed E-state index contributed by atoms with van der Waals surface area (Å²) in [5.41, 5.74) is 7.90. The van der Waals surface area contributed by atoms with Crippen molar-refractivity contribution < 1.29 is 9.15 Å². The third-order valence-corrected chi connectivity index (χ3v) is 3.84. The number of nitrogens with zero attached hydrogens (tertiary/aromatic N) is 1. The largest absolute Gasteiger partial charge is 0.461 e. The number of fused-ring (bicyclic) bond motifs is 1. The highest BCUT2D eigenvalue weighted by atomic mass is 16.5. The van der Waals surface area contributed by atoms with Gasteiger partial charge in [-0.3, -0.25) is 0 Å². The van der Waals surface area contributed by atoms with Gasteiger partial charge < -0.3 is 20.2 Å². The number of ether oxygens (including phenoxy) is 1. The van der Waals surface area contributed by atoms with E-state index in [4.69, 9.17) is 14.9 Å². The number of rotatable bonds is 4. The molecule has 21 heavy (non-hydrogen) atoms. The summed E-state index contributed by atoms with van der Waals surface area (Å²) < 4.78 is 11.3. The van der Waals surface area contributed by atoms with E-state index in [-0.39, 0.29) is 6.10 Å². The van der Waals surface area contributed by atoms with E-state index in [0.29, 0.717) is 12.5 Å². The first kappa shape index (κ1) is 13.9. The second kappa shape index (κ2) is 6.18. The number of hydrogen-bond acceptors (Lipinski definition) is 3. The molecule has 0 amide bonds. The Bertz CT molecular complexity index is 642. The van der Waals surface area contributed by atoms with Gasteiger partial charge in [-0.1, -0.05) is 18.2 Å². The molecule has 1 aliphatic rings. The summed E-state index contributed by atoms with van der Waals surface area (Å²) in [4.78, 5) is 4.41. The molecule has 1 unspecified atom stereocenters. The van der Waals surface area contributed by atoms with Gasteiger partial charge in [0.05, 0.1) is 12.6 Å². The van der Waals surface area contributed by atoms with Crippen LogP contribution in [0.2, 0.25) is 0 Å². The molecule has 1 saturated heterocycles. The number of guanidine groups is 1. The van der Waals surface area contributed by atoms with Gasteiger partial charge in [0.2, 0.25) is 0 Å². The summed E-state index contributed by atoms with van der Waals surface area (Å²) in [6.07, 6.45) is 2.48. The van der Waals surface area contributed by atoms with Crippen LogP contribution in [0.1, 0.15) is 24.2 Å². The van der Waals surface area contributed by atoms with Crippen LogP contribution >= 0.6 is 0 Å². The average Bonchev–Trinajstić information content (AvgIpc) is 3.10. The van der Waals surface area contributed by atoms with Crippen LogP contribution in [0.25, 0.3) is 11.0 Å². The average molecular weight is 287 g/mol. The highest BCUT2D eigenvalue weighted by Gasteiger charge is 2.15. The molecule has 1 atom stereocenters. The molecule has 112 valence electrons. The minimum atomic E-state index is 0.259. The van der Waals surface area contributed by atoms with Crippen molar-refractivity contribution in [3.05, 3.63) is 35.6 Å². The number of benzene rings is 1. The molecular formula is C16H21N3O2. The molecule has 5 heteroatoms. The number of hydrogen-bond donors (Lipinski definition) is 2. The normalized spacial score (nSPS) is 19.3. The Hall–Kier alpha value is -2.01. The van der Waals surface area contributed by atoms with Crippen molar-refractivity contribution in [1.29, 1.82) is 0 Å². The fourth-order valence-corrected chi connectivity index (χ4v) is 2.66. The number of para-hydroxylation sites is 1. The van der Waals surface area contributed by atoms with Crippen molar-refractivity contribution in [2.45, 2.75) is 32.4 Å². The van der Waals surface area contributed by atoms with Crippen LogP contribution in [0.15, 0.2) is 33.7 Å². The van der Waals surface area contributed by atoms with Crippen LogP contribution in [-0.4, -0.2) is 25.2 Å². The topological polar surface area (TPSA) is 72.8 Å². The molecule has 0 bridgehead atoms. The van der Waals surface area contributed by atoms with Crippen LogP contribution in [-0.2, 0) is 11.3 Å². The molecule has 1 aromatic heterocycles. The summed E-state index contributed by atoms with van der Waals surface area (Å²) >= 11 is 0. The predicted octanol–water partition coefficient (Wildman–Crippen LogP) is 2.32. The third-order valence-electron chi connectivity index (χ3n) is 3.84. The van der Waals surface area contributed by atoms with Crippen molar-refractivity contribution in [3.63, 3.8) is 0 Å². The maximum absolute atomic E-state index is 5.92. The molecule has 0 saturated carbocycles. The van der Waals surface area contributed by atoms with Gasteiger partial charge in [0, 0.05) is 24.1 Å². The maximum Gasteiger partial charge on any atom is 0.189 e. The number of nitrogens with one attached hydrogen (secondary N) is 1. The van der Waals surface area contributed by atoms with Gasteiger partial charge in [0.15, 0.2) is 5.96 Å². The summed E-state index contributed by atoms with van der Waals surface area (Å²) in [6, 6.07) is 7.99. The summed E-state index contributed by atoms with van der Waals surface area (Å²) in [5.74, 6) is 1.35. The van der Waals surface area contributed by atoms with Gasteiger partial charge in [0.25, 0.3) is 0 Å². The second-order valence-electron chi connectivity index (χ2n) is 5.35. The lowest BCUT2D eigenvalue weighted by Gasteiger charge is -2.10. The maximum atomic E-state index is 5.92. The monoisotopic (exact) mass is 287 g/mol. The number of nitrogens with two attached hydrogens (primary N) is 1. The highest BCUT2D eigenvalue weighted by Crippen LogP contribution is 2.25. The lowest BCUT2D eigenvalue weighted by atomic mass is 10.1. The molecule has 0 spiro atoms. The third kappa shape index (κ3) is 3.19. The SMILES string of the molecule is Cc1oc2ccccc2c1CN=C(N)NCC1CCCO1. The fraction of sp³-hybridized carbons (Fsp3) is 0.438. The van der Waals surface area contributed by atoms with Crippen molar-refractivity contribution in [1.82, 2.24) is 5.32 Å². The zero-order chi connectivity index (χ0) is 14.7. The quantitative estimate of drug-likeness (QED) is 0.668. The smallest absolute Gasteiger partial charge is 0.189 e. The number of aliphatic imine (C=N–C) groups is 1. The van der Waals surface area contributed by atoms with E-state index in [1.54, 1.807) is 0 Å². The predicted molar refractivity (Wildman–Crippen MR) is 83.3 cm³/mol. The standard InChI is InChI=1S/C16H21N3O2/c1-11-14(13-6-2-3-7-15(13)21-11)10-19-16(17)18-9-12-5-4-8-20-12/h2-3,6-7,12H,4-5,8-10H2,1H3,(H3,17,18,19). The molecule has 2 aromatic rings. The van der Waals surface area contributed by atoms with Crippen LogP contribution in [0.5, 0.6) is 0 Å². The molecule has 1 fully saturated rings. The molecule has 2 heterocycles. The molecule has 1 aromatic carbocycles. The Morgan fingerprint density at radius 3 is 3.10 bits per heavy atom. The van der Waals surface area contributed by atoms with Crippen molar-refractivity contribution in [2.75, 3.05) is 13.2 Å². The van der Waals surface area contributed by atoms with E-state index in [2.05, 4.69) is 10.3 Å². The van der Waals surface area contributed by atoms with Gasteiger partial charge in [0.1, 0.15) is 11.3 Å². The molecule has 1 aliphatic heterocycles. The number of furan rings is 1. The molecule has 3 rings (SSSR count). The first-order valence-corrected chi connectivity index (χ1v) is 7.36. The molecule has 0 radical (unpaired) electrons. The molecular weight excluding hydrogens is 266 g/mol. The lowest BCUT2D eigenvalue weighted by Crippen LogP contribution is -2.37. The fourth-order valence-electron chi connectivity index (χ4n) is 2.66. The summed E-state index contributed by atoms with van der Waals surface area (Å²) in [7, 11) is 0. The molecule has 0 aliphatic carbocycles. The van der Waals surface area contributed by atoms with Crippen molar-refractivity contribution in [2.24, 2.45) is 10.7 Å². The summed E-state index contributed by atoms with van der Waals surface area (Å²) in [5, 5.41) is 4.23. The van der Waals surface area contributed by atoms with Crippen LogP contribution in [0.4, 0.5) is 0 Å². The Morgan fingerprint density at radius 2 is 2.29 bits per heavy atom. The van der Waals surface area contributed by atoms with Crippen LogP contribution in [0, 0.1) is 6.92 Å². The summed E-state index contributed by atoms with van der Waals surface area (Å²) in [6.45, 7) is 4.05. The van der Waals surface area contributed by atoms with Crippen LogP contribution < -0.4 is 11.1 Å². The van der Waals surface area contributed by atoms with Crippen molar-refractivity contribution in [3.8, 4) is 0 Å². The van der Waals surface area contributed by atoms with Gasteiger partial charge in [-0.05, 0) is 25.8 Å². The van der Waals surface area contributed by atoms with E-state index < -0.39 is 0 Å². The first-order chi connectivity index (χ1) is 10.2. The zero-order valence-electron chi connectivity index (χ0n) is 12.3. The van der Waals surface area contributed by atoms with Gasteiger partial charge >= 0.3 is 0 Å². The van der Waals surface area contributed by atoms with E-state index in [1.165, 1.54) is 0 Å². The Labute approximate surface area is 124 Å². The second-order valence-corrected chi connectivity index (χ2v) is 5.35. The van der Waals surface area contributed by atoms with E-state index in [9.17, 15) is 0 Å². The highest BCUT2D eigenvalue weighted by molar-refractivity contribution is 5.83. The van der Waals surface area contributed by atoms with E-state index in [1.807, 2.05) is 31.2 Å². The lowest BCUT2D eigenvalue weighted by molar-refractivity contribution is 0.114. The van der Waals surface area contributed by atoms with Crippen molar-refractivity contribution >= 4 is 16.9 Å². The Balaban J connectivity index is 1.64. The first-order valence-electron chi connectivity index (χ1n) is 7.36. The molecule has 3 N–H and O–H groups in total. The number of aryl methyl sites for hydroxylation is 1. The molecule has 5 nitrogen and oxygen atoms in total. The van der Waals surface area contributed by atoms with E-state index >= 15 is 0 Å². The zero-order valence-corrected chi connectivity index (χ0v) is 12.3. The van der Waals surface area contributed by atoms with E-state index in [0.717, 1.165) is 48.3 Å². The van der Waals surface area contributed by atoms with Gasteiger partial charge in [-0.2, -0.15) is 0 Å². The van der Waals surface area contributed by atoms with Gasteiger partial charge in [-0.25, -0.2) is 4.99 Å². The van der Waals surface area contributed by atoms with Crippen LogP contribution in [0.3, 0.4) is 0 Å². The minimum Gasteiger partial charge on any atom is -0.461 e. The van der Waals surface area contributed by atoms with Gasteiger partial charge in [-0.15, -0.1) is 0 Å².